The van der Waals surface area contributed by atoms with Crippen molar-refractivity contribution in [3.05, 3.63) is 35.4 Å². The first-order valence-corrected chi connectivity index (χ1v) is 7.17. The van der Waals surface area contributed by atoms with Gasteiger partial charge in [-0.1, -0.05) is 24.3 Å². The standard InChI is InChI=1S/C16H21NO3/c1-12-6-2-3-7-13(12)8-4-5-11-20-16(19)17-14-9-10-15(14)18/h2-3,6-7,14H,4-5,8-11H2,1H3,(H,17,19)/t14-/m0/s1. The van der Waals surface area contributed by atoms with Gasteiger partial charge in [-0.25, -0.2) is 4.79 Å². The molecule has 0 aliphatic heterocycles. The average molecular weight is 275 g/mol. The SMILES string of the molecule is Cc1ccccc1CCCCOC(=O)N[C@H]1CCC1=O. The lowest BCUT2D eigenvalue weighted by Crippen LogP contribution is -2.47. The van der Waals surface area contributed by atoms with E-state index in [2.05, 4.69) is 24.4 Å². The van der Waals surface area contributed by atoms with E-state index < -0.39 is 6.09 Å². The van der Waals surface area contributed by atoms with E-state index in [9.17, 15) is 9.59 Å². The predicted octanol–water partition coefficient (Wildman–Crippen LogP) is 2.78. The molecule has 1 saturated carbocycles. The first-order valence-electron chi connectivity index (χ1n) is 7.17. The molecule has 1 aliphatic carbocycles. The van der Waals surface area contributed by atoms with E-state index >= 15 is 0 Å². The number of amides is 1. The van der Waals surface area contributed by atoms with Crippen LogP contribution >= 0.6 is 0 Å². The maximum atomic E-state index is 11.4. The van der Waals surface area contributed by atoms with Gasteiger partial charge in [0.25, 0.3) is 0 Å². The molecule has 4 heteroatoms. The van der Waals surface area contributed by atoms with Gasteiger partial charge in [-0.3, -0.25) is 4.79 Å². The molecule has 0 saturated heterocycles. The van der Waals surface area contributed by atoms with E-state index in [4.69, 9.17) is 4.74 Å². The van der Waals surface area contributed by atoms with Crippen LogP contribution in [0.1, 0.15) is 36.8 Å². The lowest BCUT2D eigenvalue weighted by Gasteiger charge is -2.24. The lowest BCUT2D eigenvalue weighted by molar-refractivity contribution is -0.126. The topological polar surface area (TPSA) is 55.4 Å². The number of ether oxygens (including phenoxy) is 1. The number of rotatable bonds is 6. The van der Waals surface area contributed by atoms with Crippen LogP contribution in [-0.2, 0) is 16.0 Å². The normalized spacial score (nSPS) is 17.4. The van der Waals surface area contributed by atoms with Crippen LogP contribution in [0.5, 0.6) is 0 Å². The van der Waals surface area contributed by atoms with Gasteiger partial charge in [-0.2, -0.15) is 0 Å². The summed E-state index contributed by atoms with van der Waals surface area (Å²) in [5.74, 6) is 0.0986. The van der Waals surface area contributed by atoms with Crippen LogP contribution in [0, 0.1) is 6.92 Å². The monoisotopic (exact) mass is 275 g/mol. The number of hydrogen-bond donors (Lipinski definition) is 1. The van der Waals surface area contributed by atoms with Crippen LogP contribution in [0.3, 0.4) is 0 Å². The summed E-state index contributed by atoms with van der Waals surface area (Å²) in [6.45, 7) is 2.51. The minimum absolute atomic E-state index is 0.0986. The van der Waals surface area contributed by atoms with Gasteiger partial charge in [-0.15, -0.1) is 0 Å². The first kappa shape index (κ1) is 14.6. The molecule has 4 nitrogen and oxygen atoms in total. The van der Waals surface area contributed by atoms with Gasteiger partial charge in [0.2, 0.25) is 0 Å². The fourth-order valence-corrected chi connectivity index (χ4v) is 2.22. The summed E-state index contributed by atoms with van der Waals surface area (Å²) in [6, 6.07) is 8.00. The third-order valence-electron chi connectivity index (χ3n) is 3.70. The first-order chi connectivity index (χ1) is 9.66. The molecule has 20 heavy (non-hydrogen) atoms. The molecule has 108 valence electrons. The van der Waals surface area contributed by atoms with Crippen LogP contribution in [-0.4, -0.2) is 24.5 Å². The summed E-state index contributed by atoms with van der Waals surface area (Å²) >= 11 is 0. The Kier molecular flexibility index (Phi) is 5.16. The van der Waals surface area contributed by atoms with E-state index in [0.29, 0.717) is 13.0 Å². The average Bonchev–Trinajstić information content (AvgIpc) is 2.44. The molecule has 1 fully saturated rings. The number of alkyl carbamates (subject to hydrolysis) is 1. The summed E-state index contributed by atoms with van der Waals surface area (Å²) < 4.78 is 5.06. The second-order valence-corrected chi connectivity index (χ2v) is 5.22. The van der Waals surface area contributed by atoms with Gasteiger partial charge in [-0.05, 0) is 43.7 Å². The van der Waals surface area contributed by atoms with Crippen molar-refractivity contribution in [2.75, 3.05) is 6.61 Å². The summed E-state index contributed by atoms with van der Waals surface area (Å²) in [5.41, 5.74) is 2.65. The lowest BCUT2D eigenvalue weighted by atomic mass is 9.91. The molecule has 1 aromatic carbocycles. The molecule has 1 aromatic rings. The molecule has 1 amide bonds. The highest BCUT2D eigenvalue weighted by Crippen LogP contribution is 2.14. The molecule has 2 rings (SSSR count). The number of hydrogen-bond acceptors (Lipinski definition) is 3. The molecule has 0 heterocycles. The van der Waals surface area contributed by atoms with Crippen molar-refractivity contribution in [2.24, 2.45) is 0 Å². The minimum atomic E-state index is -0.473. The zero-order chi connectivity index (χ0) is 14.4. The third-order valence-corrected chi connectivity index (χ3v) is 3.70. The van der Waals surface area contributed by atoms with Crippen molar-refractivity contribution >= 4 is 11.9 Å². The summed E-state index contributed by atoms with van der Waals surface area (Å²) in [6.07, 6.45) is 3.65. The van der Waals surface area contributed by atoms with Crippen molar-refractivity contribution < 1.29 is 14.3 Å². The molecule has 0 spiro atoms. The van der Waals surface area contributed by atoms with Gasteiger partial charge in [0.15, 0.2) is 5.78 Å². The maximum absolute atomic E-state index is 11.4. The number of aryl methyl sites for hydroxylation is 2. The van der Waals surface area contributed by atoms with Crippen molar-refractivity contribution in [2.45, 2.75) is 45.1 Å². The Morgan fingerprint density at radius 2 is 2.15 bits per heavy atom. The summed E-state index contributed by atoms with van der Waals surface area (Å²) in [4.78, 5) is 22.5. The third kappa shape index (κ3) is 4.08. The Hall–Kier alpha value is -1.84. The predicted molar refractivity (Wildman–Crippen MR) is 76.6 cm³/mol. The van der Waals surface area contributed by atoms with Gasteiger partial charge >= 0.3 is 6.09 Å². The van der Waals surface area contributed by atoms with Crippen LogP contribution < -0.4 is 5.32 Å². The highest BCUT2D eigenvalue weighted by atomic mass is 16.5. The summed E-state index contributed by atoms with van der Waals surface area (Å²) in [5, 5.41) is 2.57. The molecule has 1 atom stereocenters. The van der Waals surface area contributed by atoms with Gasteiger partial charge < -0.3 is 10.1 Å². The number of carbonyl (C=O) groups is 2. The second kappa shape index (κ2) is 7.08. The number of unbranched alkanes of at least 4 members (excludes halogenated alkanes) is 1. The van der Waals surface area contributed by atoms with Crippen LogP contribution in [0.15, 0.2) is 24.3 Å². The van der Waals surface area contributed by atoms with E-state index in [-0.39, 0.29) is 11.8 Å². The largest absolute Gasteiger partial charge is 0.450 e. The molecule has 0 unspecified atom stereocenters. The molecule has 0 radical (unpaired) electrons. The van der Waals surface area contributed by atoms with Crippen LogP contribution in [0.2, 0.25) is 0 Å². The van der Waals surface area contributed by atoms with Crippen molar-refractivity contribution in [3.8, 4) is 0 Å². The van der Waals surface area contributed by atoms with E-state index in [1.807, 2.05) is 12.1 Å². The van der Waals surface area contributed by atoms with Crippen LogP contribution in [0.4, 0.5) is 4.79 Å². The molecule has 1 N–H and O–H groups in total. The fourth-order valence-electron chi connectivity index (χ4n) is 2.22. The van der Waals surface area contributed by atoms with Crippen molar-refractivity contribution in [1.29, 1.82) is 0 Å². The number of Topliss-reactive ketones (excluding diaryl/α,β-unsaturated/α-hetero) is 1. The molecular weight excluding hydrogens is 254 g/mol. The maximum Gasteiger partial charge on any atom is 0.407 e. The van der Waals surface area contributed by atoms with Crippen molar-refractivity contribution in [1.82, 2.24) is 5.32 Å². The van der Waals surface area contributed by atoms with Gasteiger partial charge in [0, 0.05) is 6.42 Å². The zero-order valence-electron chi connectivity index (χ0n) is 11.9. The number of ketones is 1. The zero-order valence-corrected chi connectivity index (χ0v) is 11.9. The Morgan fingerprint density at radius 3 is 2.80 bits per heavy atom. The van der Waals surface area contributed by atoms with Gasteiger partial charge in [0.05, 0.1) is 12.6 Å². The second-order valence-electron chi connectivity index (χ2n) is 5.22. The summed E-state index contributed by atoms with van der Waals surface area (Å²) in [7, 11) is 0. The molecule has 1 aliphatic rings. The van der Waals surface area contributed by atoms with E-state index in [1.165, 1.54) is 11.1 Å². The van der Waals surface area contributed by atoms with E-state index in [0.717, 1.165) is 25.7 Å². The molecule has 0 bridgehead atoms. The van der Waals surface area contributed by atoms with Gasteiger partial charge in [0.1, 0.15) is 0 Å². The fraction of sp³-hybridized carbons (Fsp3) is 0.500. The highest BCUT2D eigenvalue weighted by molar-refractivity contribution is 5.92. The van der Waals surface area contributed by atoms with Crippen molar-refractivity contribution in [3.63, 3.8) is 0 Å². The molecule has 0 aromatic heterocycles. The highest BCUT2D eigenvalue weighted by Gasteiger charge is 2.29. The quantitative estimate of drug-likeness (QED) is 0.812. The minimum Gasteiger partial charge on any atom is -0.450 e. The number of benzene rings is 1. The van der Waals surface area contributed by atoms with E-state index in [1.54, 1.807) is 0 Å². The van der Waals surface area contributed by atoms with Crippen LogP contribution in [0.25, 0.3) is 0 Å². The Morgan fingerprint density at radius 1 is 1.35 bits per heavy atom. The smallest absolute Gasteiger partial charge is 0.407 e. The molecular formula is C16H21NO3. The Balaban J connectivity index is 1.56. The Labute approximate surface area is 119 Å². The number of nitrogens with one attached hydrogen (secondary N) is 1. The Bertz CT molecular complexity index is 484. The number of carbonyl (C=O) groups excluding carboxylic acids is 2.